The molecule has 0 aliphatic rings. The molecule has 110 valence electrons. The highest BCUT2D eigenvalue weighted by Gasteiger charge is 2.14. The second-order valence-corrected chi connectivity index (χ2v) is 5.19. The molecule has 0 bridgehead atoms. The summed E-state index contributed by atoms with van der Waals surface area (Å²) in [7, 11) is 0. The molecular weight excluding hydrogens is 274 g/mol. The minimum absolute atomic E-state index is 0.171. The SMILES string of the molecule is Cc1cccc(NC(=O)c2cncn2-c2ccccc2)c1C. The number of rotatable bonds is 3. The number of anilines is 1. The van der Waals surface area contributed by atoms with Gasteiger partial charge in [0, 0.05) is 11.4 Å². The third-order valence-corrected chi connectivity index (χ3v) is 3.76. The first kappa shape index (κ1) is 14.1. The Labute approximate surface area is 129 Å². The van der Waals surface area contributed by atoms with Gasteiger partial charge in [-0.1, -0.05) is 30.3 Å². The highest BCUT2D eigenvalue weighted by molar-refractivity contribution is 6.03. The van der Waals surface area contributed by atoms with Crippen molar-refractivity contribution in [2.45, 2.75) is 13.8 Å². The van der Waals surface area contributed by atoms with Crippen LogP contribution in [0.2, 0.25) is 0 Å². The predicted molar refractivity (Wildman–Crippen MR) is 87.4 cm³/mol. The molecule has 1 heterocycles. The normalized spacial score (nSPS) is 10.5. The van der Waals surface area contributed by atoms with E-state index in [0.717, 1.165) is 22.5 Å². The van der Waals surface area contributed by atoms with Gasteiger partial charge in [0.15, 0.2) is 0 Å². The summed E-state index contributed by atoms with van der Waals surface area (Å²) in [4.78, 5) is 16.7. The Bertz CT molecular complexity index is 806. The molecule has 1 amide bonds. The second kappa shape index (κ2) is 5.85. The molecule has 22 heavy (non-hydrogen) atoms. The van der Waals surface area contributed by atoms with Crippen molar-refractivity contribution in [3.63, 3.8) is 0 Å². The largest absolute Gasteiger partial charge is 0.320 e. The first-order chi connectivity index (χ1) is 10.7. The summed E-state index contributed by atoms with van der Waals surface area (Å²) in [5.74, 6) is -0.171. The topological polar surface area (TPSA) is 46.9 Å². The molecule has 0 fully saturated rings. The number of aromatic nitrogens is 2. The fourth-order valence-corrected chi connectivity index (χ4v) is 2.33. The van der Waals surface area contributed by atoms with E-state index in [1.54, 1.807) is 17.1 Å². The third-order valence-electron chi connectivity index (χ3n) is 3.76. The number of hydrogen-bond donors (Lipinski definition) is 1. The molecule has 0 radical (unpaired) electrons. The summed E-state index contributed by atoms with van der Waals surface area (Å²) in [6, 6.07) is 15.6. The maximum absolute atomic E-state index is 12.6. The Kier molecular flexibility index (Phi) is 3.74. The summed E-state index contributed by atoms with van der Waals surface area (Å²) >= 11 is 0. The van der Waals surface area contributed by atoms with E-state index in [1.807, 2.05) is 62.4 Å². The van der Waals surface area contributed by atoms with E-state index in [4.69, 9.17) is 0 Å². The number of aryl methyl sites for hydroxylation is 1. The predicted octanol–water partition coefficient (Wildman–Crippen LogP) is 3.74. The maximum atomic E-state index is 12.6. The number of carbonyl (C=O) groups is 1. The van der Waals surface area contributed by atoms with Crippen LogP contribution in [0, 0.1) is 13.8 Å². The van der Waals surface area contributed by atoms with Gasteiger partial charge in [-0.15, -0.1) is 0 Å². The second-order valence-electron chi connectivity index (χ2n) is 5.19. The van der Waals surface area contributed by atoms with Crippen LogP contribution in [0.4, 0.5) is 5.69 Å². The molecule has 0 aliphatic heterocycles. The first-order valence-corrected chi connectivity index (χ1v) is 7.12. The van der Waals surface area contributed by atoms with E-state index in [2.05, 4.69) is 10.3 Å². The molecule has 0 saturated carbocycles. The molecule has 0 unspecified atom stereocenters. The van der Waals surface area contributed by atoms with Crippen molar-refractivity contribution in [2.24, 2.45) is 0 Å². The number of hydrogen-bond acceptors (Lipinski definition) is 2. The number of nitrogens with zero attached hydrogens (tertiary/aromatic N) is 2. The molecule has 2 aromatic carbocycles. The minimum atomic E-state index is -0.171. The Morgan fingerprint density at radius 3 is 2.59 bits per heavy atom. The number of amides is 1. The fraction of sp³-hybridized carbons (Fsp3) is 0.111. The van der Waals surface area contributed by atoms with Gasteiger partial charge in [-0.2, -0.15) is 0 Å². The van der Waals surface area contributed by atoms with Crippen molar-refractivity contribution in [1.82, 2.24) is 9.55 Å². The third kappa shape index (κ3) is 2.63. The van der Waals surface area contributed by atoms with Crippen LogP contribution in [-0.4, -0.2) is 15.5 Å². The molecule has 1 aromatic heterocycles. The molecule has 4 nitrogen and oxygen atoms in total. The van der Waals surface area contributed by atoms with Gasteiger partial charge >= 0.3 is 0 Å². The number of benzene rings is 2. The molecule has 3 rings (SSSR count). The average molecular weight is 291 g/mol. The van der Waals surface area contributed by atoms with Gasteiger partial charge in [0.1, 0.15) is 5.69 Å². The lowest BCUT2D eigenvalue weighted by atomic mass is 10.1. The zero-order valence-corrected chi connectivity index (χ0v) is 12.6. The van der Waals surface area contributed by atoms with E-state index in [-0.39, 0.29) is 5.91 Å². The van der Waals surface area contributed by atoms with Crippen molar-refractivity contribution in [2.75, 3.05) is 5.32 Å². The monoisotopic (exact) mass is 291 g/mol. The number of carbonyl (C=O) groups excluding carboxylic acids is 1. The van der Waals surface area contributed by atoms with Gasteiger partial charge in [0.2, 0.25) is 0 Å². The smallest absolute Gasteiger partial charge is 0.274 e. The highest BCUT2D eigenvalue weighted by Crippen LogP contribution is 2.19. The van der Waals surface area contributed by atoms with Gasteiger partial charge in [0.25, 0.3) is 5.91 Å². The average Bonchev–Trinajstić information content (AvgIpc) is 3.02. The van der Waals surface area contributed by atoms with E-state index in [9.17, 15) is 4.79 Å². The quantitative estimate of drug-likeness (QED) is 0.799. The fourth-order valence-electron chi connectivity index (χ4n) is 2.33. The highest BCUT2D eigenvalue weighted by atomic mass is 16.2. The lowest BCUT2D eigenvalue weighted by molar-refractivity contribution is 0.102. The van der Waals surface area contributed by atoms with E-state index in [0.29, 0.717) is 5.69 Å². The van der Waals surface area contributed by atoms with E-state index >= 15 is 0 Å². The van der Waals surface area contributed by atoms with Gasteiger partial charge < -0.3 is 5.32 Å². The van der Waals surface area contributed by atoms with Crippen LogP contribution in [-0.2, 0) is 0 Å². The summed E-state index contributed by atoms with van der Waals surface area (Å²) in [6.07, 6.45) is 3.22. The van der Waals surface area contributed by atoms with Crippen LogP contribution < -0.4 is 5.32 Å². The summed E-state index contributed by atoms with van der Waals surface area (Å²) in [5, 5.41) is 2.96. The summed E-state index contributed by atoms with van der Waals surface area (Å²) < 4.78 is 1.78. The lowest BCUT2D eigenvalue weighted by Crippen LogP contribution is -2.16. The van der Waals surface area contributed by atoms with Crippen molar-refractivity contribution < 1.29 is 4.79 Å². The maximum Gasteiger partial charge on any atom is 0.274 e. The van der Waals surface area contributed by atoms with E-state index in [1.165, 1.54) is 0 Å². The molecule has 0 atom stereocenters. The van der Waals surface area contributed by atoms with Gasteiger partial charge in [0.05, 0.1) is 12.5 Å². The number of imidazole rings is 1. The number of para-hydroxylation sites is 1. The summed E-state index contributed by atoms with van der Waals surface area (Å²) in [5.41, 5.74) is 4.46. The van der Waals surface area contributed by atoms with Gasteiger partial charge in [-0.25, -0.2) is 4.98 Å². The van der Waals surface area contributed by atoms with Crippen LogP contribution >= 0.6 is 0 Å². The molecule has 3 aromatic rings. The molecule has 0 aliphatic carbocycles. The number of nitrogens with one attached hydrogen (secondary N) is 1. The van der Waals surface area contributed by atoms with Crippen molar-refractivity contribution in [3.05, 3.63) is 77.9 Å². The molecule has 0 spiro atoms. The van der Waals surface area contributed by atoms with Crippen molar-refractivity contribution in [3.8, 4) is 5.69 Å². The first-order valence-electron chi connectivity index (χ1n) is 7.12. The standard InChI is InChI=1S/C18H17N3O/c1-13-7-6-10-16(14(13)2)20-18(22)17-11-19-12-21(17)15-8-4-3-5-9-15/h3-12H,1-2H3,(H,20,22). The van der Waals surface area contributed by atoms with Crippen LogP contribution in [0.3, 0.4) is 0 Å². The Balaban J connectivity index is 1.91. The Hall–Kier alpha value is -2.88. The Morgan fingerprint density at radius 1 is 1.05 bits per heavy atom. The van der Waals surface area contributed by atoms with Crippen molar-refractivity contribution in [1.29, 1.82) is 0 Å². The molecular formula is C18H17N3O. The zero-order valence-electron chi connectivity index (χ0n) is 12.6. The minimum Gasteiger partial charge on any atom is -0.320 e. The summed E-state index contributed by atoms with van der Waals surface area (Å²) in [6.45, 7) is 4.03. The van der Waals surface area contributed by atoms with Crippen LogP contribution in [0.5, 0.6) is 0 Å². The molecule has 4 heteroatoms. The van der Waals surface area contributed by atoms with Gasteiger partial charge in [-0.05, 0) is 43.2 Å². The zero-order chi connectivity index (χ0) is 15.5. The van der Waals surface area contributed by atoms with Crippen LogP contribution in [0.1, 0.15) is 21.6 Å². The van der Waals surface area contributed by atoms with E-state index < -0.39 is 0 Å². The van der Waals surface area contributed by atoms with Crippen LogP contribution in [0.25, 0.3) is 5.69 Å². The van der Waals surface area contributed by atoms with Crippen molar-refractivity contribution >= 4 is 11.6 Å². The molecule has 0 saturated heterocycles. The molecule has 1 N–H and O–H groups in total. The lowest BCUT2D eigenvalue weighted by Gasteiger charge is -2.11. The van der Waals surface area contributed by atoms with Crippen LogP contribution in [0.15, 0.2) is 61.1 Å². The van der Waals surface area contributed by atoms with Gasteiger partial charge in [-0.3, -0.25) is 9.36 Å². The Morgan fingerprint density at radius 2 is 1.82 bits per heavy atom.